The van der Waals surface area contributed by atoms with Crippen LogP contribution in [0.5, 0.6) is 0 Å². The Morgan fingerprint density at radius 3 is 2.37 bits per heavy atom. The van der Waals surface area contributed by atoms with Crippen LogP contribution in [0.1, 0.15) is 5.56 Å². The molecule has 0 unspecified atom stereocenters. The molecule has 0 atom stereocenters. The molecule has 3 rings (SSSR count). The molecule has 0 saturated carbocycles. The van der Waals surface area contributed by atoms with Crippen molar-refractivity contribution in [2.24, 2.45) is 0 Å². The Balaban J connectivity index is 2.04. The quantitative estimate of drug-likeness (QED) is 0.765. The number of benzene rings is 2. The van der Waals surface area contributed by atoms with Crippen molar-refractivity contribution in [2.75, 3.05) is 25.6 Å². The van der Waals surface area contributed by atoms with Crippen molar-refractivity contribution >= 4 is 34.7 Å². The number of methoxy groups -OCH3 is 1. The van der Waals surface area contributed by atoms with E-state index in [0.29, 0.717) is 10.6 Å². The Hall–Kier alpha value is -2.77. The van der Waals surface area contributed by atoms with Gasteiger partial charge in [0.1, 0.15) is 5.70 Å². The van der Waals surface area contributed by atoms with E-state index in [1.807, 2.05) is 0 Å². The molecular weight excluding hydrogens is 378 g/mol. The van der Waals surface area contributed by atoms with Gasteiger partial charge in [0.25, 0.3) is 11.8 Å². The number of imide groups is 1. The number of carbonyl (C=O) groups is 2. The predicted octanol–water partition coefficient (Wildman–Crippen LogP) is 3.46. The third kappa shape index (κ3) is 3.84. The van der Waals surface area contributed by atoms with E-state index in [-0.39, 0.29) is 30.1 Å². The van der Waals surface area contributed by atoms with Gasteiger partial charge >= 0.3 is 0 Å². The fourth-order valence-corrected chi connectivity index (χ4v) is 2.81. The first-order valence-corrected chi connectivity index (χ1v) is 8.37. The lowest BCUT2D eigenvalue weighted by molar-refractivity contribution is -0.137. The van der Waals surface area contributed by atoms with Gasteiger partial charge in [-0.2, -0.15) is 0 Å². The summed E-state index contributed by atoms with van der Waals surface area (Å²) in [5, 5.41) is 3.22. The normalized spacial score (nSPS) is 14.3. The summed E-state index contributed by atoms with van der Waals surface area (Å²) in [5.74, 6) is -3.17. The maximum absolute atomic E-state index is 13.5. The molecule has 1 heterocycles. The van der Waals surface area contributed by atoms with E-state index in [9.17, 15) is 18.4 Å². The van der Waals surface area contributed by atoms with E-state index in [2.05, 4.69) is 5.32 Å². The zero-order valence-corrected chi connectivity index (χ0v) is 15.0. The largest absolute Gasteiger partial charge is 0.383 e. The molecule has 0 spiro atoms. The Morgan fingerprint density at radius 1 is 1.04 bits per heavy atom. The number of nitrogens with one attached hydrogen (secondary N) is 1. The van der Waals surface area contributed by atoms with Crippen LogP contribution in [0, 0.1) is 11.6 Å². The number of amides is 2. The van der Waals surface area contributed by atoms with E-state index in [1.165, 1.54) is 13.2 Å². The zero-order chi connectivity index (χ0) is 19.6. The van der Waals surface area contributed by atoms with Gasteiger partial charge in [-0.3, -0.25) is 14.5 Å². The second kappa shape index (κ2) is 7.85. The van der Waals surface area contributed by atoms with Crippen molar-refractivity contribution in [1.82, 2.24) is 4.90 Å². The van der Waals surface area contributed by atoms with Crippen LogP contribution in [0.15, 0.2) is 48.2 Å². The van der Waals surface area contributed by atoms with Crippen LogP contribution in [-0.2, 0) is 14.3 Å². The molecule has 2 amide bonds. The number of rotatable bonds is 6. The topological polar surface area (TPSA) is 58.6 Å². The number of carbonyl (C=O) groups excluding carboxylic acids is 2. The van der Waals surface area contributed by atoms with Gasteiger partial charge in [-0.05, 0) is 29.8 Å². The van der Waals surface area contributed by atoms with Crippen molar-refractivity contribution in [3.8, 4) is 0 Å². The minimum atomic E-state index is -1.07. The van der Waals surface area contributed by atoms with Gasteiger partial charge in [0.05, 0.1) is 18.7 Å². The van der Waals surface area contributed by atoms with Gasteiger partial charge in [0.2, 0.25) is 0 Å². The van der Waals surface area contributed by atoms with Gasteiger partial charge in [-0.15, -0.1) is 0 Å². The molecule has 0 aromatic heterocycles. The molecule has 0 saturated heterocycles. The second-order valence-corrected chi connectivity index (χ2v) is 6.20. The molecule has 0 aliphatic carbocycles. The van der Waals surface area contributed by atoms with Crippen LogP contribution in [0.3, 0.4) is 0 Å². The van der Waals surface area contributed by atoms with E-state index in [0.717, 1.165) is 17.0 Å². The fraction of sp³-hybridized carbons (Fsp3) is 0.158. The summed E-state index contributed by atoms with van der Waals surface area (Å²) in [6.45, 7) is 0.234. The van der Waals surface area contributed by atoms with Crippen LogP contribution >= 0.6 is 11.6 Å². The average molecular weight is 393 g/mol. The maximum Gasteiger partial charge on any atom is 0.278 e. The zero-order valence-electron chi connectivity index (χ0n) is 14.3. The number of hydrogen-bond donors (Lipinski definition) is 1. The molecule has 1 N–H and O–H groups in total. The molecule has 2 aromatic rings. The molecular formula is C19H15ClF2N2O3. The summed E-state index contributed by atoms with van der Waals surface area (Å²) >= 11 is 5.89. The highest BCUT2D eigenvalue weighted by Crippen LogP contribution is 2.31. The van der Waals surface area contributed by atoms with Gasteiger partial charge in [0, 0.05) is 23.9 Å². The number of anilines is 1. The number of halogens is 3. The first kappa shape index (κ1) is 19.0. The lowest BCUT2D eigenvalue weighted by atomic mass is 10.0. The lowest BCUT2D eigenvalue weighted by Crippen LogP contribution is -2.35. The summed E-state index contributed by atoms with van der Waals surface area (Å²) < 4.78 is 31.6. The first-order valence-electron chi connectivity index (χ1n) is 7.99. The summed E-state index contributed by atoms with van der Waals surface area (Å²) in [6.07, 6.45) is 0. The van der Waals surface area contributed by atoms with Crippen molar-refractivity contribution in [1.29, 1.82) is 0 Å². The van der Waals surface area contributed by atoms with Gasteiger partial charge < -0.3 is 10.1 Å². The van der Waals surface area contributed by atoms with E-state index >= 15 is 0 Å². The smallest absolute Gasteiger partial charge is 0.278 e. The summed E-state index contributed by atoms with van der Waals surface area (Å²) in [6, 6.07) is 9.52. The van der Waals surface area contributed by atoms with Crippen LogP contribution in [0.2, 0.25) is 5.02 Å². The van der Waals surface area contributed by atoms with Crippen LogP contribution in [-0.4, -0.2) is 37.0 Å². The van der Waals surface area contributed by atoms with Crippen molar-refractivity contribution < 1.29 is 23.1 Å². The third-order valence-electron chi connectivity index (χ3n) is 4.01. The molecule has 5 nitrogen and oxygen atoms in total. The van der Waals surface area contributed by atoms with Crippen molar-refractivity contribution in [3.63, 3.8) is 0 Å². The van der Waals surface area contributed by atoms with E-state index < -0.39 is 23.4 Å². The SMILES string of the molecule is COCCN1C(=O)C(Nc2ccc(F)c(F)c2)=C(c2ccc(Cl)cc2)C1=O. The molecule has 0 bridgehead atoms. The highest BCUT2D eigenvalue weighted by Gasteiger charge is 2.39. The summed E-state index contributed by atoms with van der Waals surface area (Å²) in [4.78, 5) is 26.6. The molecule has 27 heavy (non-hydrogen) atoms. The number of ether oxygens (including phenoxy) is 1. The first-order chi connectivity index (χ1) is 12.9. The standard InChI is InChI=1S/C19H15ClF2N2O3/c1-27-9-8-24-18(25)16(11-2-4-12(20)5-3-11)17(19(24)26)23-13-6-7-14(21)15(22)10-13/h2-7,10,23H,8-9H2,1H3. The molecule has 1 aliphatic rings. The maximum atomic E-state index is 13.5. The second-order valence-electron chi connectivity index (χ2n) is 5.77. The van der Waals surface area contributed by atoms with Crippen molar-refractivity contribution in [2.45, 2.75) is 0 Å². The Morgan fingerprint density at radius 2 is 1.74 bits per heavy atom. The third-order valence-corrected chi connectivity index (χ3v) is 4.26. The molecule has 0 radical (unpaired) electrons. The van der Waals surface area contributed by atoms with E-state index in [4.69, 9.17) is 16.3 Å². The number of hydrogen-bond acceptors (Lipinski definition) is 4. The molecule has 8 heteroatoms. The monoisotopic (exact) mass is 392 g/mol. The molecule has 1 aliphatic heterocycles. The Labute approximate surface area is 159 Å². The fourth-order valence-electron chi connectivity index (χ4n) is 2.68. The summed E-state index contributed by atoms with van der Waals surface area (Å²) in [7, 11) is 1.46. The van der Waals surface area contributed by atoms with Gasteiger partial charge in [0.15, 0.2) is 11.6 Å². The van der Waals surface area contributed by atoms with Gasteiger partial charge in [-0.25, -0.2) is 8.78 Å². The Kier molecular flexibility index (Phi) is 5.53. The van der Waals surface area contributed by atoms with Gasteiger partial charge in [-0.1, -0.05) is 23.7 Å². The van der Waals surface area contributed by atoms with Crippen LogP contribution < -0.4 is 5.32 Å². The van der Waals surface area contributed by atoms with Crippen LogP contribution in [0.4, 0.5) is 14.5 Å². The summed E-state index contributed by atoms with van der Waals surface area (Å²) in [5.41, 5.74) is 0.717. The highest BCUT2D eigenvalue weighted by molar-refractivity contribution is 6.36. The molecule has 140 valence electrons. The molecule has 2 aromatic carbocycles. The highest BCUT2D eigenvalue weighted by atomic mass is 35.5. The number of nitrogens with zero attached hydrogens (tertiary/aromatic N) is 1. The minimum absolute atomic E-state index is 0.0237. The lowest BCUT2D eigenvalue weighted by Gasteiger charge is -2.14. The van der Waals surface area contributed by atoms with E-state index in [1.54, 1.807) is 24.3 Å². The average Bonchev–Trinajstić information content (AvgIpc) is 2.87. The minimum Gasteiger partial charge on any atom is -0.383 e. The Bertz CT molecular complexity index is 929. The van der Waals surface area contributed by atoms with Crippen molar-refractivity contribution in [3.05, 3.63) is 70.4 Å². The predicted molar refractivity (Wildman–Crippen MR) is 96.9 cm³/mol. The van der Waals surface area contributed by atoms with Crippen LogP contribution in [0.25, 0.3) is 5.57 Å². The molecule has 0 fully saturated rings.